The molecule has 0 aliphatic heterocycles. The van der Waals surface area contributed by atoms with E-state index in [1.165, 1.54) is 24.3 Å². The number of carbonyl (C=O) groups is 5. The van der Waals surface area contributed by atoms with Crippen molar-refractivity contribution in [2.24, 2.45) is 11.7 Å². The van der Waals surface area contributed by atoms with Gasteiger partial charge in [-0.15, -0.1) is 0 Å². The highest BCUT2D eigenvalue weighted by Gasteiger charge is 2.32. The number of aromatic hydroxyl groups is 1. The Morgan fingerprint density at radius 2 is 1.45 bits per heavy atom. The molecule has 0 aliphatic rings. The molecule has 0 radical (unpaired) electrons. The molecule has 0 bridgehead atoms. The number of benzene rings is 2. The monoisotopic (exact) mass is 581 g/mol. The Hall–Kier alpha value is -4.91. The van der Waals surface area contributed by atoms with Crippen LogP contribution in [0.4, 0.5) is 0 Å². The smallest absolute Gasteiger partial charge is 0.326 e. The number of hydrogen-bond acceptors (Lipinski definition) is 7. The molecule has 3 rings (SSSR count). The van der Waals surface area contributed by atoms with Crippen molar-refractivity contribution in [1.82, 2.24) is 20.9 Å². The summed E-state index contributed by atoms with van der Waals surface area (Å²) in [5.74, 6) is -5.72. The SMILES string of the molecule is CC(C)C(NC(=O)C(Cc1ccc(O)cc1)NC(=O)C(CC(=O)O)NC(=O)C(N)Cc1c[nH]c2ccccc12)C(=O)O. The summed E-state index contributed by atoms with van der Waals surface area (Å²) in [6.07, 6.45) is 0.910. The molecular weight excluding hydrogens is 546 g/mol. The van der Waals surface area contributed by atoms with Crippen LogP contribution in [0.2, 0.25) is 0 Å². The number of aromatic nitrogens is 1. The predicted molar refractivity (Wildman–Crippen MR) is 152 cm³/mol. The molecule has 4 unspecified atom stereocenters. The van der Waals surface area contributed by atoms with Crippen LogP contribution in [0.3, 0.4) is 0 Å². The summed E-state index contributed by atoms with van der Waals surface area (Å²) in [4.78, 5) is 65.7. The number of amides is 3. The van der Waals surface area contributed by atoms with Crippen LogP contribution in [0.1, 0.15) is 31.4 Å². The molecular formula is C29H35N5O8. The van der Waals surface area contributed by atoms with Crippen molar-refractivity contribution in [2.45, 2.75) is 57.3 Å². The van der Waals surface area contributed by atoms with E-state index in [0.717, 1.165) is 16.5 Å². The summed E-state index contributed by atoms with van der Waals surface area (Å²) in [5, 5.41) is 36.6. The van der Waals surface area contributed by atoms with Crippen molar-refractivity contribution in [1.29, 1.82) is 0 Å². The zero-order chi connectivity index (χ0) is 31.0. The number of H-pyrrole nitrogens is 1. The second-order valence-corrected chi connectivity index (χ2v) is 10.3. The number of rotatable bonds is 14. The van der Waals surface area contributed by atoms with Gasteiger partial charge in [0.25, 0.3) is 0 Å². The van der Waals surface area contributed by atoms with Crippen LogP contribution in [0.15, 0.2) is 54.7 Å². The zero-order valence-corrected chi connectivity index (χ0v) is 23.2. The third-order valence-electron chi connectivity index (χ3n) is 6.70. The molecule has 9 N–H and O–H groups in total. The predicted octanol–water partition coefficient (Wildman–Crippen LogP) is 0.656. The Bertz CT molecular complexity index is 1440. The fourth-order valence-electron chi connectivity index (χ4n) is 4.41. The molecule has 4 atom stereocenters. The second kappa shape index (κ2) is 14.1. The van der Waals surface area contributed by atoms with Crippen molar-refractivity contribution in [3.8, 4) is 5.75 Å². The Kier molecular flexibility index (Phi) is 10.6. The number of carbonyl (C=O) groups excluding carboxylic acids is 3. The number of carboxylic acids is 2. The Labute approximate surface area is 241 Å². The standard InChI is InChI=1S/C29H35N5O8/c1-15(2)25(29(41)42)34-28(40)22(11-16-7-9-18(35)10-8-16)33-27(39)23(13-24(36)37)32-26(38)20(30)12-17-14-31-21-6-4-3-5-19(17)21/h3-10,14-15,20,22-23,25,31,35H,11-13,30H2,1-2H3,(H,32,38)(H,33,39)(H,34,40)(H,36,37)(H,41,42). The van der Waals surface area contributed by atoms with Crippen molar-refractivity contribution >= 4 is 40.6 Å². The third kappa shape index (κ3) is 8.54. The Morgan fingerprint density at radius 3 is 2.07 bits per heavy atom. The number of nitrogens with two attached hydrogens (primary N) is 1. The van der Waals surface area contributed by atoms with Gasteiger partial charge in [-0.2, -0.15) is 0 Å². The third-order valence-corrected chi connectivity index (χ3v) is 6.70. The van der Waals surface area contributed by atoms with Gasteiger partial charge in [0.1, 0.15) is 23.9 Å². The van der Waals surface area contributed by atoms with Crippen molar-refractivity contribution in [3.05, 3.63) is 65.9 Å². The number of nitrogens with one attached hydrogen (secondary N) is 4. The first-order valence-electron chi connectivity index (χ1n) is 13.3. The number of aromatic amines is 1. The van der Waals surface area contributed by atoms with Gasteiger partial charge >= 0.3 is 11.9 Å². The van der Waals surface area contributed by atoms with E-state index < -0.39 is 66.2 Å². The lowest BCUT2D eigenvalue weighted by Crippen LogP contribution is -2.58. The van der Waals surface area contributed by atoms with Crippen LogP contribution < -0.4 is 21.7 Å². The fourth-order valence-corrected chi connectivity index (χ4v) is 4.41. The van der Waals surface area contributed by atoms with Crippen molar-refractivity contribution in [2.75, 3.05) is 0 Å². The topological polar surface area (TPSA) is 224 Å². The van der Waals surface area contributed by atoms with E-state index in [9.17, 15) is 39.3 Å². The minimum absolute atomic E-state index is 0.0252. The summed E-state index contributed by atoms with van der Waals surface area (Å²) in [5.41, 5.74) is 8.24. The average molecular weight is 582 g/mol. The van der Waals surface area contributed by atoms with Gasteiger partial charge in [-0.25, -0.2) is 4.79 Å². The molecule has 0 aliphatic carbocycles. The van der Waals surface area contributed by atoms with Gasteiger partial charge in [0.2, 0.25) is 17.7 Å². The molecule has 1 heterocycles. The molecule has 2 aromatic carbocycles. The zero-order valence-electron chi connectivity index (χ0n) is 23.2. The molecule has 0 spiro atoms. The maximum Gasteiger partial charge on any atom is 0.326 e. The van der Waals surface area contributed by atoms with Gasteiger partial charge in [-0.1, -0.05) is 44.2 Å². The van der Waals surface area contributed by atoms with E-state index in [0.29, 0.717) is 5.56 Å². The first kappa shape index (κ1) is 31.6. The van der Waals surface area contributed by atoms with Crippen LogP contribution in [-0.2, 0) is 36.8 Å². The van der Waals surface area contributed by atoms with Gasteiger partial charge in [0.05, 0.1) is 12.5 Å². The van der Waals surface area contributed by atoms with Crippen LogP contribution in [0.5, 0.6) is 5.75 Å². The summed E-state index contributed by atoms with van der Waals surface area (Å²) < 4.78 is 0. The highest BCUT2D eigenvalue weighted by Crippen LogP contribution is 2.19. The quantitative estimate of drug-likeness (QED) is 0.134. The average Bonchev–Trinajstić information content (AvgIpc) is 3.33. The van der Waals surface area contributed by atoms with E-state index in [4.69, 9.17) is 5.73 Å². The molecule has 0 fully saturated rings. The van der Waals surface area contributed by atoms with E-state index in [1.54, 1.807) is 20.0 Å². The molecule has 13 heteroatoms. The Morgan fingerprint density at radius 1 is 0.833 bits per heavy atom. The lowest BCUT2D eigenvalue weighted by molar-refractivity contribution is -0.144. The first-order chi connectivity index (χ1) is 19.8. The second-order valence-electron chi connectivity index (χ2n) is 10.3. The summed E-state index contributed by atoms with van der Waals surface area (Å²) >= 11 is 0. The van der Waals surface area contributed by atoms with Gasteiger partial charge in [-0.05, 0) is 41.7 Å². The number of fused-ring (bicyclic) bond motifs is 1. The Balaban J connectivity index is 1.77. The lowest BCUT2D eigenvalue weighted by atomic mass is 10.0. The number of carboxylic acid groups (broad SMARTS) is 2. The highest BCUT2D eigenvalue weighted by molar-refractivity contribution is 5.96. The first-order valence-corrected chi connectivity index (χ1v) is 13.3. The lowest BCUT2D eigenvalue weighted by Gasteiger charge is -2.25. The molecule has 1 aromatic heterocycles. The molecule has 0 saturated heterocycles. The van der Waals surface area contributed by atoms with Gasteiger partial charge in [0.15, 0.2) is 0 Å². The largest absolute Gasteiger partial charge is 0.508 e. The fraction of sp³-hybridized carbons (Fsp3) is 0.345. The maximum absolute atomic E-state index is 13.3. The van der Waals surface area contributed by atoms with E-state index in [1.807, 2.05) is 24.3 Å². The van der Waals surface area contributed by atoms with Gasteiger partial charge in [0, 0.05) is 23.5 Å². The molecule has 42 heavy (non-hydrogen) atoms. The van der Waals surface area contributed by atoms with Crippen LogP contribution in [-0.4, -0.2) is 74.1 Å². The summed E-state index contributed by atoms with van der Waals surface area (Å²) in [6.45, 7) is 3.20. The number of hydrogen-bond donors (Lipinski definition) is 8. The summed E-state index contributed by atoms with van der Waals surface area (Å²) in [6, 6.07) is 7.90. The van der Waals surface area contributed by atoms with E-state index in [2.05, 4.69) is 20.9 Å². The highest BCUT2D eigenvalue weighted by atomic mass is 16.4. The van der Waals surface area contributed by atoms with Crippen LogP contribution >= 0.6 is 0 Å². The normalized spacial score (nSPS) is 14.0. The minimum atomic E-state index is -1.58. The maximum atomic E-state index is 13.3. The number of aliphatic carboxylic acids is 2. The number of para-hydroxylation sites is 1. The molecule has 13 nitrogen and oxygen atoms in total. The summed E-state index contributed by atoms with van der Waals surface area (Å²) in [7, 11) is 0. The minimum Gasteiger partial charge on any atom is -0.508 e. The molecule has 3 amide bonds. The van der Waals surface area contributed by atoms with Gasteiger partial charge in [-0.3, -0.25) is 19.2 Å². The molecule has 3 aromatic rings. The number of phenols is 1. The van der Waals surface area contributed by atoms with Crippen molar-refractivity contribution < 1.29 is 39.3 Å². The van der Waals surface area contributed by atoms with Gasteiger partial charge < -0.3 is 42.0 Å². The molecule has 0 saturated carbocycles. The number of phenolic OH excluding ortho intramolecular Hbond substituents is 1. The van der Waals surface area contributed by atoms with Crippen LogP contribution in [0, 0.1) is 5.92 Å². The van der Waals surface area contributed by atoms with Crippen LogP contribution in [0.25, 0.3) is 10.9 Å². The van der Waals surface area contributed by atoms with Crippen molar-refractivity contribution in [3.63, 3.8) is 0 Å². The van der Waals surface area contributed by atoms with E-state index >= 15 is 0 Å². The molecule has 224 valence electrons. The van der Waals surface area contributed by atoms with E-state index in [-0.39, 0.29) is 18.6 Å².